The van der Waals surface area contributed by atoms with Gasteiger partial charge in [0.25, 0.3) is 0 Å². The molecular formula is C11H18ClN3O2. The average Bonchev–Trinajstić information content (AvgIpc) is 2.66. The Morgan fingerprint density at radius 3 is 2.71 bits per heavy atom. The fourth-order valence-electron chi connectivity index (χ4n) is 1.12. The highest BCUT2D eigenvalue weighted by Gasteiger charge is 2.20. The zero-order chi connectivity index (χ0) is 13.1. The van der Waals surface area contributed by atoms with Crippen molar-refractivity contribution in [2.75, 3.05) is 24.8 Å². The summed E-state index contributed by atoms with van der Waals surface area (Å²) in [7, 11) is 1.67. The lowest BCUT2D eigenvalue weighted by Crippen LogP contribution is -2.32. The van der Waals surface area contributed by atoms with Crippen molar-refractivity contribution in [1.29, 1.82) is 0 Å². The Balaban J connectivity index is 2.64. The first-order chi connectivity index (χ1) is 7.84. The molecule has 0 fully saturated rings. The van der Waals surface area contributed by atoms with Crippen LogP contribution in [0.4, 0.5) is 10.6 Å². The van der Waals surface area contributed by atoms with Gasteiger partial charge in [0.05, 0.1) is 0 Å². The minimum atomic E-state index is -0.251. The Kier molecular flexibility index (Phi) is 4.40. The molecule has 0 radical (unpaired) electrons. The summed E-state index contributed by atoms with van der Waals surface area (Å²) in [5.41, 5.74) is -0.127. The molecule has 2 amide bonds. The van der Waals surface area contributed by atoms with Crippen molar-refractivity contribution in [1.82, 2.24) is 10.1 Å². The van der Waals surface area contributed by atoms with E-state index >= 15 is 0 Å². The highest BCUT2D eigenvalue weighted by molar-refractivity contribution is 6.18. The van der Waals surface area contributed by atoms with Crippen LogP contribution in [0, 0.1) is 0 Å². The van der Waals surface area contributed by atoms with E-state index in [1.165, 1.54) is 4.90 Å². The van der Waals surface area contributed by atoms with Crippen molar-refractivity contribution in [3.8, 4) is 0 Å². The van der Waals surface area contributed by atoms with E-state index < -0.39 is 0 Å². The zero-order valence-corrected chi connectivity index (χ0v) is 11.3. The van der Waals surface area contributed by atoms with Gasteiger partial charge < -0.3 is 9.42 Å². The lowest BCUT2D eigenvalue weighted by atomic mass is 9.93. The van der Waals surface area contributed by atoms with Crippen molar-refractivity contribution < 1.29 is 9.32 Å². The third-order valence-corrected chi connectivity index (χ3v) is 2.42. The molecule has 0 bridgehead atoms. The minimum Gasteiger partial charge on any atom is -0.359 e. The number of nitrogens with one attached hydrogen (secondary N) is 1. The van der Waals surface area contributed by atoms with E-state index in [4.69, 9.17) is 16.1 Å². The smallest absolute Gasteiger partial charge is 0.322 e. The number of aromatic nitrogens is 1. The standard InChI is InChI=1S/C11H18ClN3O2/c1-11(2,3)8-7-9(14-17-8)13-10(16)15(4)6-5-12/h7H,5-6H2,1-4H3,(H,13,14,16). The molecule has 0 aliphatic rings. The molecule has 6 heteroatoms. The lowest BCUT2D eigenvalue weighted by molar-refractivity contribution is 0.224. The molecule has 0 saturated heterocycles. The fraction of sp³-hybridized carbons (Fsp3) is 0.636. The van der Waals surface area contributed by atoms with Crippen LogP contribution >= 0.6 is 11.6 Å². The maximum absolute atomic E-state index is 11.6. The number of alkyl halides is 1. The van der Waals surface area contributed by atoms with Gasteiger partial charge in [-0.15, -0.1) is 11.6 Å². The molecule has 0 aliphatic carbocycles. The van der Waals surface area contributed by atoms with E-state index in [1.807, 2.05) is 20.8 Å². The molecular weight excluding hydrogens is 242 g/mol. The number of nitrogens with zero attached hydrogens (tertiary/aromatic N) is 2. The number of urea groups is 1. The number of carbonyl (C=O) groups is 1. The summed E-state index contributed by atoms with van der Waals surface area (Å²) < 4.78 is 5.16. The summed E-state index contributed by atoms with van der Waals surface area (Å²) in [4.78, 5) is 13.1. The Labute approximate surface area is 106 Å². The van der Waals surface area contributed by atoms with Gasteiger partial charge in [-0.2, -0.15) is 0 Å². The normalized spacial score (nSPS) is 11.4. The largest absolute Gasteiger partial charge is 0.359 e. The van der Waals surface area contributed by atoms with Crippen LogP contribution in [0.3, 0.4) is 0 Å². The molecule has 1 aromatic rings. The van der Waals surface area contributed by atoms with Gasteiger partial charge in [0.1, 0.15) is 5.76 Å². The molecule has 0 atom stereocenters. The highest BCUT2D eigenvalue weighted by atomic mass is 35.5. The topological polar surface area (TPSA) is 58.4 Å². The van der Waals surface area contributed by atoms with Crippen LogP contribution in [0.25, 0.3) is 0 Å². The predicted molar refractivity (Wildman–Crippen MR) is 67.6 cm³/mol. The molecule has 1 aromatic heterocycles. The van der Waals surface area contributed by atoms with Gasteiger partial charge in [0.15, 0.2) is 5.82 Å². The van der Waals surface area contributed by atoms with Crippen LogP contribution in [-0.2, 0) is 5.41 Å². The van der Waals surface area contributed by atoms with Crippen molar-refractivity contribution in [3.63, 3.8) is 0 Å². The molecule has 1 rings (SSSR count). The zero-order valence-electron chi connectivity index (χ0n) is 10.6. The number of halogens is 1. The van der Waals surface area contributed by atoms with Gasteiger partial charge >= 0.3 is 6.03 Å². The third kappa shape index (κ3) is 3.93. The predicted octanol–water partition coefficient (Wildman–Crippen LogP) is 2.67. The molecule has 1 N–H and O–H groups in total. The van der Waals surface area contributed by atoms with E-state index in [-0.39, 0.29) is 11.4 Å². The number of carbonyl (C=O) groups excluding carboxylic acids is 1. The molecule has 17 heavy (non-hydrogen) atoms. The molecule has 0 saturated carbocycles. The van der Waals surface area contributed by atoms with Crippen molar-refractivity contribution >= 4 is 23.4 Å². The summed E-state index contributed by atoms with van der Waals surface area (Å²) >= 11 is 5.55. The van der Waals surface area contributed by atoms with Crippen molar-refractivity contribution in [3.05, 3.63) is 11.8 Å². The monoisotopic (exact) mass is 259 g/mol. The second-order valence-electron chi connectivity index (χ2n) is 4.87. The molecule has 0 spiro atoms. The van der Waals surface area contributed by atoms with Gasteiger partial charge in [0.2, 0.25) is 0 Å². The molecule has 1 heterocycles. The van der Waals surface area contributed by atoms with Crippen LogP contribution in [0.5, 0.6) is 0 Å². The number of amides is 2. The molecule has 0 aliphatic heterocycles. The highest BCUT2D eigenvalue weighted by Crippen LogP contribution is 2.24. The van der Waals surface area contributed by atoms with Gasteiger partial charge in [-0.25, -0.2) is 4.79 Å². The molecule has 96 valence electrons. The number of hydrogen-bond donors (Lipinski definition) is 1. The Morgan fingerprint density at radius 1 is 1.59 bits per heavy atom. The Bertz CT molecular complexity index is 384. The Morgan fingerprint density at radius 2 is 2.24 bits per heavy atom. The second-order valence-corrected chi connectivity index (χ2v) is 5.25. The van der Waals surface area contributed by atoms with Crippen LogP contribution in [-0.4, -0.2) is 35.6 Å². The summed E-state index contributed by atoms with van der Waals surface area (Å²) in [6, 6.07) is 1.48. The summed E-state index contributed by atoms with van der Waals surface area (Å²) in [5, 5.41) is 6.44. The van der Waals surface area contributed by atoms with Gasteiger partial charge in [-0.3, -0.25) is 5.32 Å². The lowest BCUT2D eigenvalue weighted by Gasteiger charge is -2.15. The van der Waals surface area contributed by atoms with E-state index in [9.17, 15) is 4.79 Å². The fourth-order valence-corrected chi connectivity index (χ4v) is 1.37. The van der Waals surface area contributed by atoms with Gasteiger partial charge in [0, 0.05) is 31.0 Å². The van der Waals surface area contributed by atoms with Crippen molar-refractivity contribution in [2.45, 2.75) is 26.2 Å². The van der Waals surface area contributed by atoms with Gasteiger partial charge in [-0.05, 0) is 0 Å². The SMILES string of the molecule is CN(CCCl)C(=O)Nc1cc(C(C)(C)C)on1. The van der Waals surface area contributed by atoms with E-state index in [0.717, 1.165) is 5.76 Å². The molecule has 0 aromatic carbocycles. The quantitative estimate of drug-likeness (QED) is 0.849. The maximum Gasteiger partial charge on any atom is 0.322 e. The summed E-state index contributed by atoms with van der Waals surface area (Å²) in [5.74, 6) is 1.55. The Hall–Kier alpha value is -1.23. The first-order valence-electron chi connectivity index (χ1n) is 5.40. The maximum atomic E-state index is 11.6. The van der Waals surface area contributed by atoms with Crippen LogP contribution < -0.4 is 5.32 Å². The number of hydrogen-bond acceptors (Lipinski definition) is 3. The first-order valence-corrected chi connectivity index (χ1v) is 5.93. The van der Waals surface area contributed by atoms with E-state index in [0.29, 0.717) is 18.2 Å². The number of anilines is 1. The number of rotatable bonds is 3. The average molecular weight is 260 g/mol. The van der Waals surface area contributed by atoms with Crippen LogP contribution in [0.15, 0.2) is 10.6 Å². The van der Waals surface area contributed by atoms with Gasteiger partial charge in [-0.1, -0.05) is 25.9 Å². The van der Waals surface area contributed by atoms with E-state index in [2.05, 4.69) is 10.5 Å². The van der Waals surface area contributed by atoms with E-state index in [1.54, 1.807) is 13.1 Å². The van der Waals surface area contributed by atoms with Crippen LogP contribution in [0.2, 0.25) is 0 Å². The van der Waals surface area contributed by atoms with Crippen LogP contribution in [0.1, 0.15) is 26.5 Å². The molecule has 0 unspecified atom stereocenters. The summed E-state index contributed by atoms with van der Waals surface area (Å²) in [6.45, 7) is 6.52. The summed E-state index contributed by atoms with van der Waals surface area (Å²) in [6.07, 6.45) is 0. The minimum absolute atomic E-state index is 0.127. The third-order valence-electron chi connectivity index (χ3n) is 2.25. The first kappa shape index (κ1) is 13.8. The second kappa shape index (κ2) is 5.40. The van der Waals surface area contributed by atoms with Crippen molar-refractivity contribution in [2.24, 2.45) is 0 Å². The molecule has 5 nitrogen and oxygen atoms in total.